The van der Waals surface area contributed by atoms with E-state index in [1.54, 1.807) is 14.1 Å². The van der Waals surface area contributed by atoms with Gasteiger partial charge < -0.3 is 14.6 Å². The predicted octanol–water partition coefficient (Wildman–Crippen LogP) is 0.810. The lowest BCUT2D eigenvalue weighted by Crippen LogP contribution is -2.22. The SMILES string of the molecule is CC(=O)c1ncc(COC(=O)N(C)C)[nH]1. The molecule has 1 amide bonds. The van der Waals surface area contributed by atoms with Gasteiger partial charge in [0, 0.05) is 21.0 Å². The molecule has 0 aliphatic carbocycles. The van der Waals surface area contributed by atoms with Crippen molar-refractivity contribution < 1.29 is 14.3 Å². The summed E-state index contributed by atoms with van der Waals surface area (Å²) >= 11 is 0. The number of aromatic amines is 1. The second-order valence-corrected chi connectivity index (χ2v) is 3.26. The zero-order chi connectivity index (χ0) is 11.4. The summed E-state index contributed by atoms with van der Waals surface area (Å²) in [7, 11) is 3.19. The van der Waals surface area contributed by atoms with Gasteiger partial charge in [0.2, 0.25) is 0 Å². The fourth-order valence-corrected chi connectivity index (χ4v) is 0.880. The number of ketones is 1. The first-order valence-electron chi connectivity index (χ1n) is 4.39. The first kappa shape index (κ1) is 11.2. The number of rotatable bonds is 3. The standard InChI is InChI=1S/C9H13N3O3/c1-6(13)8-10-4-7(11-8)5-15-9(14)12(2)3/h4H,5H2,1-3H3,(H,10,11). The molecular weight excluding hydrogens is 198 g/mol. The Morgan fingerprint density at radius 3 is 2.67 bits per heavy atom. The third-order valence-corrected chi connectivity index (χ3v) is 1.68. The predicted molar refractivity (Wildman–Crippen MR) is 52.5 cm³/mol. The van der Waals surface area contributed by atoms with E-state index in [9.17, 15) is 9.59 Å². The molecule has 0 radical (unpaired) electrons. The number of hydrogen-bond donors (Lipinski definition) is 1. The number of ether oxygens (including phenoxy) is 1. The molecule has 1 rings (SSSR count). The van der Waals surface area contributed by atoms with Crippen molar-refractivity contribution in [2.45, 2.75) is 13.5 Å². The van der Waals surface area contributed by atoms with Gasteiger partial charge in [-0.1, -0.05) is 0 Å². The third-order valence-electron chi connectivity index (χ3n) is 1.68. The Balaban J connectivity index is 2.51. The highest BCUT2D eigenvalue weighted by atomic mass is 16.6. The summed E-state index contributed by atoms with van der Waals surface area (Å²) in [6, 6.07) is 0. The van der Waals surface area contributed by atoms with Crippen LogP contribution in [-0.4, -0.2) is 40.8 Å². The molecule has 1 aromatic rings. The molecule has 15 heavy (non-hydrogen) atoms. The van der Waals surface area contributed by atoms with Crippen LogP contribution in [0, 0.1) is 0 Å². The Kier molecular flexibility index (Phi) is 3.43. The lowest BCUT2D eigenvalue weighted by molar-refractivity contribution is 0.100. The molecular formula is C9H13N3O3. The van der Waals surface area contributed by atoms with Crippen molar-refractivity contribution in [2.75, 3.05) is 14.1 Å². The smallest absolute Gasteiger partial charge is 0.409 e. The molecule has 1 heterocycles. The molecule has 0 spiro atoms. The van der Waals surface area contributed by atoms with E-state index in [1.807, 2.05) is 0 Å². The van der Waals surface area contributed by atoms with Gasteiger partial charge in [0.05, 0.1) is 11.9 Å². The number of nitrogens with zero attached hydrogens (tertiary/aromatic N) is 2. The number of imidazole rings is 1. The highest BCUT2D eigenvalue weighted by molar-refractivity contribution is 5.90. The van der Waals surface area contributed by atoms with Crippen molar-refractivity contribution in [2.24, 2.45) is 0 Å². The summed E-state index contributed by atoms with van der Waals surface area (Å²) in [6.07, 6.45) is 1.04. The van der Waals surface area contributed by atoms with Crippen molar-refractivity contribution in [3.63, 3.8) is 0 Å². The largest absolute Gasteiger partial charge is 0.443 e. The fourth-order valence-electron chi connectivity index (χ4n) is 0.880. The molecule has 0 aromatic carbocycles. The normalized spacial score (nSPS) is 9.80. The topological polar surface area (TPSA) is 75.3 Å². The van der Waals surface area contributed by atoms with Gasteiger partial charge in [0.1, 0.15) is 6.61 Å². The van der Waals surface area contributed by atoms with E-state index >= 15 is 0 Å². The van der Waals surface area contributed by atoms with Gasteiger partial charge in [-0.2, -0.15) is 0 Å². The summed E-state index contributed by atoms with van der Waals surface area (Å²) in [6.45, 7) is 1.49. The van der Waals surface area contributed by atoms with Crippen LogP contribution < -0.4 is 0 Å². The molecule has 0 unspecified atom stereocenters. The number of carbonyl (C=O) groups is 2. The molecule has 1 aromatic heterocycles. The molecule has 6 heteroatoms. The van der Waals surface area contributed by atoms with Crippen LogP contribution in [0.15, 0.2) is 6.20 Å². The minimum absolute atomic E-state index is 0.0806. The van der Waals surface area contributed by atoms with E-state index in [4.69, 9.17) is 4.74 Å². The van der Waals surface area contributed by atoms with Crippen molar-refractivity contribution in [3.05, 3.63) is 17.7 Å². The van der Waals surface area contributed by atoms with E-state index in [0.717, 1.165) is 0 Å². The van der Waals surface area contributed by atoms with Crippen LogP contribution in [-0.2, 0) is 11.3 Å². The summed E-state index contributed by atoms with van der Waals surface area (Å²) in [5, 5.41) is 0. The molecule has 1 N–H and O–H groups in total. The second kappa shape index (κ2) is 4.59. The molecule has 0 aliphatic rings. The lowest BCUT2D eigenvalue weighted by atomic mass is 10.4. The van der Waals surface area contributed by atoms with E-state index < -0.39 is 6.09 Å². The quantitative estimate of drug-likeness (QED) is 0.751. The van der Waals surface area contributed by atoms with Crippen molar-refractivity contribution in [1.82, 2.24) is 14.9 Å². The summed E-state index contributed by atoms with van der Waals surface area (Å²) in [5.41, 5.74) is 0.593. The maximum Gasteiger partial charge on any atom is 0.409 e. The monoisotopic (exact) mass is 211 g/mol. The fraction of sp³-hybridized carbons (Fsp3) is 0.444. The maximum absolute atomic E-state index is 11.1. The Morgan fingerprint density at radius 2 is 2.20 bits per heavy atom. The highest BCUT2D eigenvalue weighted by Gasteiger charge is 2.08. The average molecular weight is 211 g/mol. The number of Topliss-reactive ketones (excluding diaryl/α,β-unsaturated/α-hetero) is 1. The molecule has 0 saturated carbocycles. The van der Waals surface area contributed by atoms with Crippen molar-refractivity contribution >= 4 is 11.9 Å². The van der Waals surface area contributed by atoms with Crippen LogP contribution in [0.25, 0.3) is 0 Å². The summed E-state index contributed by atoms with van der Waals surface area (Å²) in [5.74, 6) is 0.117. The Morgan fingerprint density at radius 1 is 1.53 bits per heavy atom. The van der Waals surface area contributed by atoms with Crippen LogP contribution in [0.1, 0.15) is 23.2 Å². The van der Waals surface area contributed by atoms with Gasteiger partial charge in [0.25, 0.3) is 0 Å². The molecule has 0 saturated heterocycles. The summed E-state index contributed by atoms with van der Waals surface area (Å²) < 4.78 is 4.89. The van der Waals surface area contributed by atoms with Crippen molar-refractivity contribution in [3.8, 4) is 0 Å². The lowest BCUT2D eigenvalue weighted by Gasteiger charge is -2.09. The molecule has 82 valence electrons. The second-order valence-electron chi connectivity index (χ2n) is 3.26. The van der Waals surface area contributed by atoms with E-state index in [2.05, 4.69) is 9.97 Å². The highest BCUT2D eigenvalue weighted by Crippen LogP contribution is 2.01. The first-order valence-corrected chi connectivity index (χ1v) is 4.39. The number of nitrogens with one attached hydrogen (secondary N) is 1. The van der Waals surface area contributed by atoms with Crippen LogP contribution >= 0.6 is 0 Å². The summed E-state index contributed by atoms with van der Waals surface area (Å²) in [4.78, 5) is 29.9. The minimum Gasteiger partial charge on any atom is -0.443 e. The number of H-pyrrole nitrogens is 1. The van der Waals surface area contributed by atoms with Crippen LogP contribution in [0.3, 0.4) is 0 Å². The number of hydrogen-bond acceptors (Lipinski definition) is 4. The Bertz CT molecular complexity index is 370. The van der Waals surface area contributed by atoms with Crippen molar-refractivity contribution in [1.29, 1.82) is 0 Å². The average Bonchev–Trinajstić information content (AvgIpc) is 2.62. The van der Waals surface area contributed by atoms with E-state index in [-0.39, 0.29) is 18.2 Å². The Labute approximate surface area is 87.2 Å². The van der Waals surface area contributed by atoms with Crippen LogP contribution in [0.2, 0.25) is 0 Å². The number of amides is 1. The number of carbonyl (C=O) groups excluding carboxylic acids is 2. The molecule has 0 atom stereocenters. The minimum atomic E-state index is -0.436. The van der Waals surface area contributed by atoms with Crippen LogP contribution in [0.5, 0.6) is 0 Å². The molecule has 6 nitrogen and oxygen atoms in total. The zero-order valence-electron chi connectivity index (χ0n) is 8.90. The van der Waals surface area contributed by atoms with Gasteiger partial charge in [0.15, 0.2) is 11.6 Å². The maximum atomic E-state index is 11.1. The van der Waals surface area contributed by atoms with Gasteiger partial charge in [-0.25, -0.2) is 9.78 Å². The van der Waals surface area contributed by atoms with E-state index in [0.29, 0.717) is 5.69 Å². The molecule has 0 fully saturated rings. The zero-order valence-corrected chi connectivity index (χ0v) is 8.90. The van der Waals surface area contributed by atoms with Gasteiger partial charge in [-0.3, -0.25) is 4.79 Å². The van der Waals surface area contributed by atoms with E-state index in [1.165, 1.54) is 18.0 Å². The third kappa shape index (κ3) is 3.08. The van der Waals surface area contributed by atoms with Gasteiger partial charge in [-0.05, 0) is 0 Å². The number of aromatic nitrogens is 2. The van der Waals surface area contributed by atoms with Gasteiger partial charge >= 0.3 is 6.09 Å². The van der Waals surface area contributed by atoms with Gasteiger partial charge in [-0.15, -0.1) is 0 Å². The Hall–Kier alpha value is -1.85. The molecule has 0 bridgehead atoms. The first-order chi connectivity index (χ1) is 7.00. The molecule has 0 aliphatic heterocycles. The van der Waals surface area contributed by atoms with Crippen LogP contribution in [0.4, 0.5) is 4.79 Å².